The zero-order valence-corrected chi connectivity index (χ0v) is 16.0. The van der Waals surface area contributed by atoms with Gasteiger partial charge in [-0.1, -0.05) is 12.1 Å². The van der Waals surface area contributed by atoms with Crippen LogP contribution in [0.4, 0.5) is 11.6 Å². The van der Waals surface area contributed by atoms with Gasteiger partial charge >= 0.3 is 0 Å². The quantitative estimate of drug-likeness (QED) is 0.677. The first-order valence-corrected chi connectivity index (χ1v) is 9.65. The molecule has 1 aliphatic rings. The van der Waals surface area contributed by atoms with Crippen molar-refractivity contribution in [3.63, 3.8) is 0 Å². The van der Waals surface area contributed by atoms with E-state index in [9.17, 15) is 4.79 Å². The molecule has 29 heavy (non-hydrogen) atoms. The fraction of sp³-hybridized carbons (Fsp3) is 0.227. The highest BCUT2D eigenvalue weighted by Gasteiger charge is 2.26. The lowest BCUT2D eigenvalue weighted by Gasteiger charge is -2.31. The van der Waals surface area contributed by atoms with Crippen molar-refractivity contribution in [3.8, 4) is 0 Å². The molecular formula is C22H22N6O. The Kier molecular flexibility index (Phi) is 5.85. The molecule has 7 heteroatoms. The summed E-state index contributed by atoms with van der Waals surface area (Å²) in [6.07, 6.45) is 13.7. The summed E-state index contributed by atoms with van der Waals surface area (Å²) in [5.41, 5.74) is 1.84. The maximum atomic E-state index is 12.5. The molecule has 0 aromatic carbocycles. The Hall–Kier alpha value is -3.61. The van der Waals surface area contributed by atoms with Gasteiger partial charge in [-0.2, -0.15) is 0 Å². The molecule has 0 unspecified atom stereocenters. The number of likely N-dealkylation sites (tertiary alicyclic amines) is 1. The molecule has 1 fully saturated rings. The van der Waals surface area contributed by atoms with E-state index in [0.717, 1.165) is 35.7 Å². The fourth-order valence-corrected chi connectivity index (χ4v) is 3.42. The summed E-state index contributed by atoms with van der Waals surface area (Å²) in [6, 6.07) is 9.47. The lowest BCUT2D eigenvalue weighted by Crippen LogP contribution is -2.37. The molecule has 3 aromatic heterocycles. The second kappa shape index (κ2) is 9.05. The van der Waals surface area contributed by atoms with Gasteiger partial charge in [0.15, 0.2) is 5.82 Å². The largest absolute Gasteiger partial charge is 0.339 e. The van der Waals surface area contributed by atoms with Crippen LogP contribution in [0.5, 0.6) is 0 Å². The molecule has 0 radical (unpaired) electrons. The number of anilines is 2. The number of pyridine rings is 2. The zero-order valence-electron chi connectivity index (χ0n) is 16.0. The van der Waals surface area contributed by atoms with Gasteiger partial charge in [-0.05, 0) is 42.7 Å². The molecule has 0 saturated carbocycles. The molecule has 1 amide bonds. The maximum Gasteiger partial charge on any atom is 0.246 e. The number of hydrogen-bond donors (Lipinski definition) is 1. The van der Waals surface area contributed by atoms with Gasteiger partial charge in [0.2, 0.25) is 5.91 Å². The number of aromatic nitrogens is 4. The smallest absolute Gasteiger partial charge is 0.246 e. The summed E-state index contributed by atoms with van der Waals surface area (Å²) in [4.78, 5) is 31.8. The molecule has 4 rings (SSSR count). The minimum Gasteiger partial charge on any atom is -0.339 e. The summed E-state index contributed by atoms with van der Waals surface area (Å²) in [6.45, 7) is 1.39. The Morgan fingerprint density at radius 3 is 2.62 bits per heavy atom. The van der Waals surface area contributed by atoms with E-state index in [0.29, 0.717) is 13.1 Å². The second-order valence-corrected chi connectivity index (χ2v) is 6.85. The molecule has 0 aliphatic carbocycles. The zero-order chi connectivity index (χ0) is 19.9. The van der Waals surface area contributed by atoms with Crippen molar-refractivity contribution in [2.75, 3.05) is 18.4 Å². The van der Waals surface area contributed by atoms with E-state index in [1.807, 2.05) is 35.2 Å². The van der Waals surface area contributed by atoms with Crippen molar-refractivity contribution in [1.82, 2.24) is 24.8 Å². The predicted molar refractivity (Wildman–Crippen MR) is 111 cm³/mol. The van der Waals surface area contributed by atoms with Gasteiger partial charge in [0.1, 0.15) is 5.82 Å². The minimum absolute atomic E-state index is 0.0262. The van der Waals surface area contributed by atoms with Crippen LogP contribution in [0.1, 0.15) is 30.0 Å². The van der Waals surface area contributed by atoms with Gasteiger partial charge in [-0.15, -0.1) is 0 Å². The molecule has 1 saturated heterocycles. The van der Waals surface area contributed by atoms with Crippen LogP contribution in [-0.4, -0.2) is 43.8 Å². The molecule has 0 atom stereocenters. The third-order valence-corrected chi connectivity index (χ3v) is 4.93. The van der Waals surface area contributed by atoms with E-state index in [1.54, 1.807) is 43.1 Å². The van der Waals surface area contributed by atoms with Gasteiger partial charge in [-0.3, -0.25) is 14.8 Å². The average Bonchev–Trinajstić information content (AvgIpc) is 2.79. The fourth-order valence-electron chi connectivity index (χ4n) is 3.42. The van der Waals surface area contributed by atoms with Crippen molar-refractivity contribution in [2.24, 2.45) is 0 Å². The predicted octanol–water partition coefficient (Wildman–Crippen LogP) is 3.43. The van der Waals surface area contributed by atoms with Crippen LogP contribution in [0.15, 0.2) is 67.4 Å². The highest BCUT2D eigenvalue weighted by molar-refractivity contribution is 5.91. The van der Waals surface area contributed by atoms with Crippen LogP contribution >= 0.6 is 0 Å². The molecule has 0 bridgehead atoms. The van der Waals surface area contributed by atoms with Crippen molar-refractivity contribution in [3.05, 3.63) is 78.6 Å². The summed E-state index contributed by atoms with van der Waals surface area (Å²) >= 11 is 0. The van der Waals surface area contributed by atoms with Gasteiger partial charge < -0.3 is 10.2 Å². The first-order valence-electron chi connectivity index (χ1n) is 9.65. The molecule has 1 N–H and O–H groups in total. The van der Waals surface area contributed by atoms with Gasteiger partial charge in [-0.25, -0.2) is 9.97 Å². The van der Waals surface area contributed by atoms with Crippen LogP contribution < -0.4 is 5.32 Å². The number of rotatable bonds is 5. The molecular weight excluding hydrogens is 364 g/mol. The lowest BCUT2D eigenvalue weighted by atomic mass is 9.93. The van der Waals surface area contributed by atoms with E-state index >= 15 is 0 Å². The second-order valence-electron chi connectivity index (χ2n) is 6.85. The SMILES string of the molecule is O=C(C=Cc1cccnc1)N1CCC(c2nccnc2Nc2ccccn2)CC1. The molecule has 146 valence electrons. The summed E-state index contributed by atoms with van der Waals surface area (Å²) < 4.78 is 0. The van der Waals surface area contributed by atoms with Crippen LogP contribution in [0, 0.1) is 0 Å². The number of carbonyl (C=O) groups is 1. The number of carbonyl (C=O) groups excluding carboxylic acids is 1. The standard InChI is InChI=1S/C22H22N6O/c29-20(7-6-17-4-3-10-23-16-17)28-14-8-18(9-15-28)21-22(26-13-12-25-21)27-19-5-1-2-11-24-19/h1-7,10-13,16,18H,8-9,14-15H2,(H,24,26,27). The summed E-state index contributed by atoms with van der Waals surface area (Å²) in [5.74, 6) is 1.74. The first kappa shape index (κ1) is 18.7. The summed E-state index contributed by atoms with van der Waals surface area (Å²) in [5, 5.41) is 3.26. The van der Waals surface area contributed by atoms with Gasteiger partial charge in [0.25, 0.3) is 0 Å². The Morgan fingerprint density at radius 1 is 1.00 bits per heavy atom. The van der Waals surface area contributed by atoms with Crippen LogP contribution in [0.3, 0.4) is 0 Å². The van der Waals surface area contributed by atoms with E-state index < -0.39 is 0 Å². The van der Waals surface area contributed by atoms with E-state index in [4.69, 9.17) is 0 Å². The van der Waals surface area contributed by atoms with Gasteiger partial charge in [0.05, 0.1) is 5.69 Å². The highest BCUT2D eigenvalue weighted by atomic mass is 16.2. The topological polar surface area (TPSA) is 83.9 Å². The molecule has 1 aliphatic heterocycles. The number of hydrogen-bond acceptors (Lipinski definition) is 6. The first-order chi connectivity index (χ1) is 14.3. The van der Waals surface area contributed by atoms with E-state index in [-0.39, 0.29) is 11.8 Å². The van der Waals surface area contributed by atoms with Crippen molar-refractivity contribution < 1.29 is 4.79 Å². The number of amides is 1. The molecule has 4 heterocycles. The Balaban J connectivity index is 1.39. The molecule has 3 aromatic rings. The van der Waals surface area contributed by atoms with E-state index in [1.165, 1.54) is 0 Å². The average molecular weight is 386 g/mol. The Morgan fingerprint density at radius 2 is 1.86 bits per heavy atom. The third kappa shape index (κ3) is 4.82. The number of nitrogens with one attached hydrogen (secondary N) is 1. The van der Waals surface area contributed by atoms with Crippen LogP contribution in [-0.2, 0) is 4.79 Å². The van der Waals surface area contributed by atoms with Crippen molar-refractivity contribution >= 4 is 23.6 Å². The number of piperidine rings is 1. The Labute approximate surface area is 169 Å². The normalized spacial score (nSPS) is 14.8. The van der Waals surface area contributed by atoms with Crippen LogP contribution in [0.25, 0.3) is 6.08 Å². The minimum atomic E-state index is 0.0262. The monoisotopic (exact) mass is 386 g/mol. The van der Waals surface area contributed by atoms with E-state index in [2.05, 4.69) is 25.3 Å². The molecule has 0 spiro atoms. The third-order valence-electron chi connectivity index (χ3n) is 4.93. The number of nitrogens with zero attached hydrogens (tertiary/aromatic N) is 5. The van der Waals surface area contributed by atoms with Crippen molar-refractivity contribution in [2.45, 2.75) is 18.8 Å². The maximum absolute atomic E-state index is 12.5. The Bertz CT molecular complexity index is 969. The highest BCUT2D eigenvalue weighted by Crippen LogP contribution is 2.31. The van der Waals surface area contributed by atoms with Crippen molar-refractivity contribution in [1.29, 1.82) is 0 Å². The van der Waals surface area contributed by atoms with Crippen LogP contribution in [0.2, 0.25) is 0 Å². The lowest BCUT2D eigenvalue weighted by molar-refractivity contribution is -0.126. The molecule has 7 nitrogen and oxygen atoms in total. The van der Waals surface area contributed by atoms with Gasteiger partial charge in [0, 0.05) is 56.1 Å². The summed E-state index contributed by atoms with van der Waals surface area (Å²) in [7, 11) is 0.